The van der Waals surface area contributed by atoms with E-state index >= 15 is 0 Å². The van der Waals surface area contributed by atoms with Gasteiger partial charge in [-0.15, -0.1) is 0 Å². The molecule has 0 bridgehead atoms. The van der Waals surface area contributed by atoms with Crippen LogP contribution in [-0.4, -0.2) is 24.9 Å². The van der Waals surface area contributed by atoms with E-state index in [0.29, 0.717) is 18.7 Å². The molecule has 0 radical (unpaired) electrons. The highest BCUT2D eigenvalue weighted by Gasteiger charge is 2.09. The van der Waals surface area contributed by atoms with Gasteiger partial charge in [-0.3, -0.25) is 9.59 Å². The first kappa shape index (κ1) is 16.7. The predicted octanol–water partition coefficient (Wildman–Crippen LogP) is 2.73. The molecule has 0 aliphatic heterocycles. The van der Waals surface area contributed by atoms with Crippen molar-refractivity contribution in [1.82, 2.24) is 10.6 Å². The second-order valence-electron chi connectivity index (χ2n) is 4.72. The third-order valence-corrected chi connectivity index (χ3v) is 3.63. The van der Waals surface area contributed by atoms with Crippen LogP contribution in [0, 0.1) is 5.92 Å². The van der Waals surface area contributed by atoms with E-state index in [2.05, 4.69) is 26.6 Å². The summed E-state index contributed by atoms with van der Waals surface area (Å²) in [6, 6.07) is 7.21. The molecule has 2 N–H and O–H groups in total. The van der Waals surface area contributed by atoms with Crippen LogP contribution in [0.5, 0.6) is 0 Å². The van der Waals surface area contributed by atoms with Gasteiger partial charge in [-0.2, -0.15) is 0 Å². The van der Waals surface area contributed by atoms with E-state index in [-0.39, 0.29) is 17.7 Å². The molecule has 2 amide bonds. The number of hydrogen-bond acceptors (Lipinski definition) is 2. The number of carbonyl (C=O) groups excluding carboxylic acids is 2. The standard InChI is InChI=1S/C15H21BrN2O2/c1-3-11(2)14(19)17-9-4-10-18-15(20)12-5-7-13(16)8-6-12/h5-8,11H,3-4,9-10H2,1-2H3,(H,17,19)(H,18,20). The fourth-order valence-corrected chi connectivity index (χ4v) is 1.83. The van der Waals surface area contributed by atoms with Crippen LogP contribution in [0.15, 0.2) is 28.7 Å². The van der Waals surface area contributed by atoms with Gasteiger partial charge in [0, 0.05) is 29.0 Å². The van der Waals surface area contributed by atoms with Crippen LogP contribution in [-0.2, 0) is 4.79 Å². The molecule has 110 valence electrons. The average molecular weight is 341 g/mol. The number of carbonyl (C=O) groups is 2. The Labute approximate surface area is 128 Å². The number of hydrogen-bond donors (Lipinski definition) is 2. The first-order valence-corrected chi connectivity index (χ1v) is 7.65. The second kappa shape index (κ2) is 8.74. The van der Waals surface area contributed by atoms with Gasteiger partial charge in [-0.05, 0) is 37.1 Å². The summed E-state index contributed by atoms with van der Waals surface area (Å²) >= 11 is 3.33. The summed E-state index contributed by atoms with van der Waals surface area (Å²) in [6.45, 7) is 5.03. The van der Waals surface area contributed by atoms with Crippen molar-refractivity contribution in [2.75, 3.05) is 13.1 Å². The molecule has 0 aliphatic carbocycles. The van der Waals surface area contributed by atoms with Crippen LogP contribution in [0.2, 0.25) is 0 Å². The fraction of sp³-hybridized carbons (Fsp3) is 0.467. The molecule has 0 saturated heterocycles. The molecular weight excluding hydrogens is 320 g/mol. The van der Waals surface area contributed by atoms with Crippen molar-refractivity contribution >= 4 is 27.7 Å². The molecule has 5 heteroatoms. The Morgan fingerprint density at radius 3 is 2.35 bits per heavy atom. The van der Waals surface area contributed by atoms with Gasteiger partial charge in [0.15, 0.2) is 0 Å². The maximum absolute atomic E-state index is 11.8. The number of rotatable bonds is 7. The van der Waals surface area contributed by atoms with Crippen molar-refractivity contribution in [2.24, 2.45) is 5.92 Å². The summed E-state index contributed by atoms with van der Waals surface area (Å²) < 4.78 is 0.946. The van der Waals surface area contributed by atoms with E-state index in [9.17, 15) is 9.59 Å². The van der Waals surface area contributed by atoms with E-state index in [1.165, 1.54) is 0 Å². The van der Waals surface area contributed by atoms with E-state index < -0.39 is 0 Å². The lowest BCUT2D eigenvalue weighted by Crippen LogP contribution is -2.32. The zero-order valence-corrected chi connectivity index (χ0v) is 13.5. The Balaban J connectivity index is 2.20. The van der Waals surface area contributed by atoms with Crippen LogP contribution < -0.4 is 10.6 Å². The number of halogens is 1. The lowest BCUT2D eigenvalue weighted by atomic mass is 10.1. The molecule has 0 spiro atoms. The first-order valence-electron chi connectivity index (χ1n) is 6.86. The minimum atomic E-state index is -0.0919. The minimum absolute atomic E-state index is 0.0485. The summed E-state index contributed by atoms with van der Waals surface area (Å²) in [4.78, 5) is 23.3. The van der Waals surface area contributed by atoms with Gasteiger partial charge in [0.1, 0.15) is 0 Å². The maximum Gasteiger partial charge on any atom is 0.251 e. The zero-order valence-electron chi connectivity index (χ0n) is 11.9. The van der Waals surface area contributed by atoms with Gasteiger partial charge >= 0.3 is 0 Å². The van der Waals surface area contributed by atoms with Crippen molar-refractivity contribution in [3.63, 3.8) is 0 Å². The van der Waals surface area contributed by atoms with Gasteiger partial charge in [0.05, 0.1) is 0 Å². The average Bonchev–Trinajstić information content (AvgIpc) is 2.46. The van der Waals surface area contributed by atoms with E-state index in [0.717, 1.165) is 17.3 Å². The van der Waals surface area contributed by atoms with Crippen LogP contribution in [0.3, 0.4) is 0 Å². The molecular formula is C15H21BrN2O2. The molecule has 1 unspecified atom stereocenters. The SMILES string of the molecule is CCC(C)C(=O)NCCCNC(=O)c1ccc(Br)cc1. The van der Waals surface area contributed by atoms with Crippen LogP contribution in [0.25, 0.3) is 0 Å². The molecule has 0 aromatic heterocycles. The summed E-state index contributed by atoms with van der Waals surface area (Å²) in [5.74, 6) is 0.0323. The second-order valence-corrected chi connectivity index (χ2v) is 5.63. The van der Waals surface area contributed by atoms with Gasteiger partial charge in [0.25, 0.3) is 5.91 Å². The van der Waals surface area contributed by atoms with E-state index in [1.807, 2.05) is 26.0 Å². The zero-order chi connectivity index (χ0) is 15.0. The smallest absolute Gasteiger partial charge is 0.251 e. The molecule has 1 aromatic carbocycles. The minimum Gasteiger partial charge on any atom is -0.356 e. The molecule has 20 heavy (non-hydrogen) atoms. The van der Waals surface area contributed by atoms with Gasteiger partial charge in [0.2, 0.25) is 5.91 Å². The molecule has 4 nitrogen and oxygen atoms in total. The third kappa shape index (κ3) is 5.74. The van der Waals surface area contributed by atoms with Gasteiger partial charge in [-0.1, -0.05) is 29.8 Å². The van der Waals surface area contributed by atoms with Crippen molar-refractivity contribution in [1.29, 1.82) is 0 Å². The van der Waals surface area contributed by atoms with Crippen LogP contribution in [0.4, 0.5) is 0 Å². The topological polar surface area (TPSA) is 58.2 Å². The molecule has 1 aromatic rings. The Bertz CT molecular complexity index is 446. The number of amides is 2. The van der Waals surface area contributed by atoms with Crippen molar-refractivity contribution in [3.05, 3.63) is 34.3 Å². The highest BCUT2D eigenvalue weighted by atomic mass is 79.9. The predicted molar refractivity (Wildman–Crippen MR) is 83.6 cm³/mol. The summed E-state index contributed by atoms with van der Waals surface area (Å²) in [7, 11) is 0. The molecule has 0 heterocycles. The summed E-state index contributed by atoms with van der Waals surface area (Å²) in [5, 5.41) is 5.69. The Kier molecular flexibility index (Phi) is 7.30. The maximum atomic E-state index is 11.8. The molecule has 0 fully saturated rings. The Morgan fingerprint density at radius 1 is 1.15 bits per heavy atom. The van der Waals surface area contributed by atoms with Crippen molar-refractivity contribution in [2.45, 2.75) is 26.7 Å². The summed E-state index contributed by atoms with van der Waals surface area (Å²) in [6.07, 6.45) is 1.57. The molecule has 1 atom stereocenters. The van der Waals surface area contributed by atoms with E-state index in [4.69, 9.17) is 0 Å². The lowest BCUT2D eigenvalue weighted by molar-refractivity contribution is -0.124. The lowest BCUT2D eigenvalue weighted by Gasteiger charge is -2.10. The Hall–Kier alpha value is -1.36. The van der Waals surface area contributed by atoms with Crippen LogP contribution in [0.1, 0.15) is 37.0 Å². The quantitative estimate of drug-likeness (QED) is 0.750. The van der Waals surface area contributed by atoms with Gasteiger partial charge < -0.3 is 10.6 Å². The molecule has 1 rings (SSSR count). The largest absolute Gasteiger partial charge is 0.356 e. The molecule has 0 saturated carbocycles. The number of nitrogens with one attached hydrogen (secondary N) is 2. The van der Waals surface area contributed by atoms with E-state index in [1.54, 1.807) is 12.1 Å². The van der Waals surface area contributed by atoms with Crippen LogP contribution >= 0.6 is 15.9 Å². The fourth-order valence-electron chi connectivity index (χ4n) is 1.56. The number of benzene rings is 1. The normalized spacial score (nSPS) is 11.8. The molecule has 0 aliphatic rings. The Morgan fingerprint density at radius 2 is 1.75 bits per heavy atom. The summed E-state index contributed by atoms with van der Waals surface area (Å²) in [5.41, 5.74) is 0.636. The highest BCUT2D eigenvalue weighted by molar-refractivity contribution is 9.10. The van der Waals surface area contributed by atoms with Crippen molar-refractivity contribution in [3.8, 4) is 0 Å². The highest BCUT2D eigenvalue weighted by Crippen LogP contribution is 2.10. The first-order chi connectivity index (χ1) is 9.54. The van der Waals surface area contributed by atoms with Gasteiger partial charge in [-0.25, -0.2) is 0 Å². The monoisotopic (exact) mass is 340 g/mol. The van der Waals surface area contributed by atoms with Crippen molar-refractivity contribution < 1.29 is 9.59 Å². The third-order valence-electron chi connectivity index (χ3n) is 3.10.